The Balaban J connectivity index is 1.68. The maximum absolute atomic E-state index is 12.8. The van der Waals surface area contributed by atoms with E-state index in [4.69, 9.17) is 4.74 Å². The van der Waals surface area contributed by atoms with Crippen molar-refractivity contribution in [2.75, 3.05) is 6.61 Å². The highest BCUT2D eigenvalue weighted by Gasteiger charge is 2.12. The summed E-state index contributed by atoms with van der Waals surface area (Å²) < 4.78 is 21.0. The van der Waals surface area contributed by atoms with Gasteiger partial charge in [0, 0.05) is 7.05 Å². The molecule has 0 radical (unpaired) electrons. The minimum atomic E-state index is -0.909. The van der Waals surface area contributed by atoms with E-state index in [2.05, 4.69) is 10.1 Å². The van der Waals surface area contributed by atoms with Crippen LogP contribution < -0.4 is 10.3 Å². The van der Waals surface area contributed by atoms with Gasteiger partial charge in [0.1, 0.15) is 36.0 Å². The van der Waals surface area contributed by atoms with Gasteiger partial charge >= 0.3 is 0 Å². The van der Waals surface area contributed by atoms with Crippen molar-refractivity contribution in [2.45, 2.75) is 12.6 Å². The molecule has 0 amide bonds. The molecule has 0 fully saturated rings. The Kier molecular flexibility index (Phi) is 4.07. The van der Waals surface area contributed by atoms with Gasteiger partial charge in [0.05, 0.1) is 12.7 Å². The predicted octanol–water partition coefficient (Wildman–Crippen LogP) is 0.709. The molecule has 2 aromatic heterocycles. The lowest BCUT2D eigenvalue weighted by atomic mass is 10.3. The van der Waals surface area contributed by atoms with E-state index in [0.29, 0.717) is 16.8 Å². The molecule has 8 heteroatoms. The molecule has 3 aromatic rings. The molecule has 0 aliphatic rings. The quantitative estimate of drug-likeness (QED) is 0.749. The van der Waals surface area contributed by atoms with Gasteiger partial charge in [-0.2, -0.15) is 5.10 Å². The summed E-state index contributed by atoms with van der Waals surface area (Å²) in [5.74, 6) is 0.0823. The number of halogens is 1. The molecule has 7 nitrogen and oxygen atoms in total. The molecule has 23 heavy (non-hydrogen) atoms. The van der Waals surface area contributed by atoms with E-state index in [1.807, 2.05) is 0 Å². The van der Waals surface area contributed by atoms with Gasteiger partial charge < -0.3 is 9.84 Å². The van der Waals surface area contributed by atoms with Crippen molar-refractivity contribution in [3.63, 3.8) is 0 Å². The van der Waals surface area contributed by atoms with Crippen LogP contribution in [-0.4, -0.2) is 37.1 Å². The average molecular weight is 318 g/mol. The highest BCUT2D eigenvalue weighted by atomic mass is 19.1. The largest absolute Gasteiger partial charge is 0.491 e. The number of hydrogen-bond acceptors (Lipinski definition) is 5. The number of nitrogens with zero attached hydrogens (tertiary/aromatic N) is 4. The van der Waals surface area contributed by atoms with Gasteiger partial charge in [-0.1, -0.05) is 0 Å². The topological polar surface area (TPSA) is 82.2 Å². The normalized spacial score (nSPS) is 12.5. The molecule has 0 unspecified atom stereocenters. The van der Waals surface area contributed by atoms with E-state index in [1.54, 1.807) is 7.05 Å². The third-order valence-corrected chi connectivity index (χ3v) is 3.38. The second kappa shape index (κ2) is 6.17. The molecule has 1 N–H and O–H groups in total. The van der Waals surface area contributed by atoms with Gasteiger partial charge in [-0.25, -0.2) is 9.37 Å². The number of ether oxygens (including phenoxy) is 1. The Morgan fingerprint density at radius 2 is 2.09 bits per heavy atom. The van der Waals surface area contributed by atoms with Crippen LogP contribution in [0, 0.1) is 5.82 Å². The molecule has 3 rings (SSSR count). The smallest absolute Gasteiger partial charge is 0.264 e. The van der Waals surface area contributed by atoms with Crippen molar-refractivity contribution in [1.82, 2.24) is 19.3 Å². The van der Waals surface area contributed by atoms with E-state index < -0.39 is 6.10 Å². The van der Waals surface area contributed by atoms with E-state index in [9.17, 15) is 14.3 Å². The lowest BCUT2D eigenvalue weighted by molar-refractivity contribution is 0.0914. The standard InChI is InChI=1S/C15H15FN4O3/c1-19-14-13(6-18-19)15(22)20(9-17-14)7-11(21)8-23-12-4-2-10(16)3-5-12/h2-6,9,11,21H,7-8H2,1H3/t11-/m0/s1. The molecule has 1 aromatic carbocycles. The summed E-state index contributed by atoms with van der Waals surface area (Å²) in [6.45, 7) is 0.0149. The van der Waals surface area contributed by atoms with Gasteiger partial charge in [0.15, 0.2) is 5.65 Å². The third-order valence-electron chi connectivity index (χ3n) is 3.38. The zero-order chi connectivity index (χ0) is 16.4. The maximum atomic E-state index is 12.8. The molecule has 120 valence electrons. The van der Waals surface area contributed by atoms with Crippen LogP contribution in [0.4, 0.5) is 4.39 Å². The van der Waals surface area contributed by atoms with Crippen LogP contribution in [0.15, 0.2) is 41.6 Å². The summed E-state index contributed by atoms with van der Waals surface area (Å²) in [5, 5.41) is 14.4. The van der Waals surface area contributed by atoms with Gasteiger partial charge in [-0.15, -0.1) is 0 Å². The number of hydrogen-bond donors (Lipinski definition) is 1. The molecule has 2 heterocycles. The van der Waals surface area contributed by atoms with Crippen molar-refractivity contribution in [1.29, 1.82) is 0 Å². The molecule has 0 saturated carbocycles. The van der Waals surface area contributed by atoms with Crippen LogP contribution in [-0.2, 0) is 13.6 Å². The minimum absolute atomic E-state index is 0.0247. The Bertz CT molecular complexity index is 873. The van der Waals surface area contributed by atoms with Crippen molar-refractivity contribution in [3.8, 4) is 5.75 Å². The van der Waals surface area contributed by atoms with Crippen molar-refractivity contribution in [2.24, 2.45) is 7.05 Å². The molecular formula is C15H15FN4O3. The summed E-state index contributed by atoms with van der Waals surface area (Å²) in [6.07, 6.45) is 1.91. The SMILES string of the molecule is Cn1ncc2c(=O)n(C[C@H](O)COc3ccc(F)cc3)cnc21. The number of aryl methyl sites for hydroxylation is 1. The molecule has 0 saturated heterocycles. The zero-order valence-electron chi connectivity index (χ0n) is 12.4. The van der Waals surface area contributed by atoms with Gasteiger partial charge in [-0.3, -0.25) is 14.0 Å². The first-order valence-corrected chi connectivity index (χ1v) is 6.98. The van der Waals surface area contributed by atoms with Crippen LogP contribution in [0.5, 0.6) is 5.75 Å². The zero-order valence-corrected chi connectivity index (χ0v) is 12.4. The number of rotatable bonds is 5. The van der Waals surface area contributed by atoms with Crippen molar-refractivity contribution >= 4 is 11.0 Å². The summed E-state index contributed by atoms with van der Waals surface area (Å²) >= 11 is 0. The molecule has 0 spiro atoms. The molecule has 0 aliphatic heterocycles. The highest BCUT2D eigenvalue weighted by molar-refractivity contribution is 5.72. The fourth-order valence-electron chi connectivity index (χ4n) is 2.20. The fourth-order valence-corrected chi connectivity index (χ4v) is 2.20. The Morgan fingerprint density at radius 3 is 2.83 bits per heavy atom. The second-order valence-corrected chi connectivity index (χ2v) is 5.13. The van der Waals surface area contributed by atoms with E-state index >= 15 is 0 Å². The van der Waals surface area contributed by atoms with Crippen molar-refractivity contribution < 1.29 is 14.2 Å². The molecular weight excluding hydrogens is 303 g/mol. The van der Waals surface area contributed by atoms with Crippen LogP contribution in [0.3, 0.4) is 0 Å². The van der Waals surface area contributed by atoms with Crippen LogP contribution in [0.1, 0.15) is 0 Å². The lowest BCUT2D eigenvalue weighted by Crippen LogP contribution is -2.30. The monoisotopic (exact) mass is 318 g/mol. The fraction of sp³-hybridized carbons (Fsp3) is 0.267. The van der Waals surface area contributed by atoms with Gasteiger partial charge in [-0.05, 0) is 24.3 Å². The number of aliphatic hydroxyl groups excluding tert-OH is 1. The summed E-state index contributed by atoms with van der Waals surface area (Å²) in [5.41, 5.74) is 0.215. The molecule has 0 bridgehead atoms. The van der Waals surface area contributed by atoms with E-state index in [0.717, 1.165) is 0 Å². The summed E-state index contributed by atoms with van der Waals surface area (Å²) in [4.78, 5) is 16.4. The summed E-state index contributed by atoms with van der Waals surface area (Å²) in [6, 6.07) is 5.48. The van der Waals surface area contributed by atoms with E-state index in [-0.39, 0.29) is 24.5 Å². The van der Waals surface area contributed by atoms with Gasteiger partial charge in [0.2, 0.25) is 0 Å². The van der Waals surface area contributed by atoms with Crippen LogP contribution >= 0.6 is 0 Å². The second-order valence-electron chi connectivity index (χ2n) is 5.13. The van der Waals surface area contributed by atoms with E-state index in [1.165, 1.54) is 46.0 Å². The summed E-state index contributed by atoms with van der Waals surface area (Å²) in [7, 11) is 1.70. The maximum Gasteiger partial charge on any atom is 0.264 e. The first-order valence-electron chi connectivity index (χ1n) is 6.98. The average Bonchev–Trinajstić information content (AvgIpc) is 2.92. The number of fused-ring (bicyclic) bond motifs is 1. The van der Waals surface area contributed by atoms with Crippen molar-refractivity contribution in [3.05, 3.63) is 53.0 Å². The Morgan fingerprint density at radius 1 is 1.35 bits per heavy atom. The third kappa shape index (κ3) is 3.21. The molecule has 0 aliphatic carbocycles. The number of aliphatic hydroxyl groups is 1. The Hall–Kier alpha value is -2.74. The van der Waals surface area contributed by atoms with Crippen LogP contribution in [0.2, 0.25) is 0 Å². The minimum Gasteiger partial charge on any atom is -0.491 e. The van der Waals surface area contributed by atoms with Gasteiger partial charge in [0.25, 0.3) is 5.56 Å². The highest BCUT2D eigenvalue weighted by Crippen LogP contribution is 2.11. The Labute approximate surface area is 130 Å². The first-order chi connectivity index (χ1) is 11.0. The first kappa shape index (κ1) is 15.2. The predicted molar refractivity (Wildman–Crippen MR) is 80.7 cm³/mol. The molecule has 1 atom stereocenters. The number of benzene rings is 1. The van der Waals surface area contributed by atoms with Crippen LogP contribution in [0.25, 0.3) is 11.0 Å². The lowest BCUT2D eigenvalue weighted by Gasteiger charge is -2.13. The number of aromatic nitrogens is 4.